The molecule has 8 heteroatoms. The summed E-state index contributed by atoms with van der Waals surface area (Å²) in [5.41, 5.74) is 0.778. The molecular weight excluding hydrogens is 361 g/mol. The van der Waals surface area contributed by atoms with Crippen molar-refractivity contribution >= 4 is 24.0 Å². The zero-order chi connectivity index (χ0) is 20.1. The Balaban J connectivity index is 1.59. The molecule has 2 N–H and O–H groups in total. The fourth-order valence-electron chi connectivity index (χ4n) is 3.13. The fraction of sp³-hybridized carbons (Fsp3) is 0.400. The molecule has 1 atom stereocenters. The Bertz CT molecular complexity index is 823. The summed E-state index contributed by atoms with van der Waals surface area (Å²) in [6.07, 6.45) is 1.88. The zero-order valence-corrected chi connectivity index (χ0v) is 16.0. The topological polar surface area (TPSA) is 87.2 Å². The highest BCUT2D eigenvalue weighted by Gasteiger charge is 2.24. The lowest BCUT2D eigenvalue weighted by Gasteiger charge is -2.26. The smallest absolute Gasteiger partial charge is 0.220 e. The summed E-state index contributed by atoms with van der Waals surface area (Å²) < 4.78 is 13.1. The summed E-state index contributed by atoms with van der Waals surface area (Å²) in [7, 11) is 0. The SMILES string of the molecule is CC(C)(CNc1ccc(N(C=O)CC2CCC(=O)N2)nn1)c1ccc(F)cc1. The molecule has 1 unspecified atom stereocenters. The molecule has 2 amide bonds. The molecule has 1 aliphatic heterocycles. The van der Waals surface area contributed by atoms with Gasteiger partial charge >= 0.3 is 0 Å². The van der Waals surface area contributed by atoms with E-state index in [0.717, 1.165) is 5.56 Å². The second-order valence-electron chi connectivity index (χ2n) is 7.58. The maximum atomic E-state index is 13.1. The first kappa shape index (κ1) is 19.7. The van der Waals surface area contributed by atoms with Crippen LogP contribution in [0.4, 0.5) is 16.0 Å². The molecule has 0 aliphatic carbocycles. The Labute approximate surface area is 163 Å². The summed E-state index contributed by atoms with van der Waals surface area (Å²) in [6, 6.07) is 9.86. The Morgan fingerprint density at radius 3 is 2.57 bits per heavy atom. The highest BCUT2D eigenvalue weighted by atomic mass is 19.1. The molecular formula is C20H24FN5O2. The van der Waals surface area contributed by atoms with E-state index in [0.29, 0.717) is 44.0 Å². The van der Waals surface area contributed by atoms with Crippen LogP contribution in [0.15, 0.2) is 36.4 Å². The van der Waals surface area contributed by atoms with Crippen molar-refractivity contribution in [2.75, 3.05) is 23.3 Å². The predicted molar refractivity (Wildman–Crippen MR) is 105 cm³/mol. The van der Waals surface area contributed by atoms with Crippen LogP contribution in [0, 0.1) is 5.82 Å². The molecule has 7 nitrogen and oxygen atoms in total. The quantitative estimate of drug-likeness (QED) is 0.681. The van der Waals surface area contributed by atoms with Crippen LogP contribution in [0.1, 0.15) is 32.3 Å². The molecule has 0 spiro atoms. The van der Waals surface area contributed by atoms with E-state index in [1.165, 1.54) is 17.0 Å². The molecule has 1 aliphatic rings. The first-order chi connectivity index (χ1) is 13.4. The molecule has 3 rings (SSSR count). The molecule has 1 fully saturated rings. The molecule has 0 radical (unpaired) electrons. The number of carbonyl (C=O) groups excluding carboxylic acids is 2. The van der Waals surface area contributed by atoms with Gasteiger partial charge in [0.05, 0.1) is 0 Å². The van der Waals surface area contributed by atoms with Gasteiger partial charge in [-0.15, -0.1) is 10.2 Å². The largest absolute Gasteiger partial charge is 0.368 e. The summed E-state index contributed by atoms with van der Waals surface area (Å²) >= 11 is 0. The summed E-state index contributed by atoms with van der Waals surface area (Å²) in [5, 5.41) is 14.3. The minimum atomic E-state index is -0.258. The molecule has 1 aromatic heterocycles. The van der Waals surface area contributed by atoms with Crippen molar-refractivity contribution in [2.24, 2.45) is 0 Å². The normalized spacial score (nSPS) is 16.5. The Kier molecular flexibility index (Phi) is 5.87. The number of rotatable bonds is 8. The van der Waals surface area contributed by atoms with Gasteiger partial charge in [0.1, 0.15) is 11.6 Å². The predicted octanol–water partition coefficient (Wildman–Crippen LogP) is 2.25. The number of hydrogen-bond donors (Lipinski definition) is 2. The number of nitrogens with zero attached hydrogens (tertiary/aromatic N) is 3. The first-order valence-corrected chi connectivity index (χ1v) is 9.22. The van der Waals surface area contributed by atoms with Crippen molar-refractivity contribution in [2.45, 2.75) is 38.1 Å². The van der Waals surface area contributed by atoms with Gasteiger partial charge in [-0.25, -0.2) is 4.39 Å². The molecule has 28 heavy (non-hydrogen) atoms. The van der Waals surface area contributed by atoms with E-state index in [4.69, 9.17) is 0 Å². The number of amides is 2. The van der Waals surface area contributed by atoms with E-state index in [2.05, 4.69) is 34.7 Å². The van der Waals surface area contributed by atoms with E-state index in [-0.39, 0.29) is 23.2 Å². The number of aromatic nitrogens is 2. The van der Waals surface area contributed by atoms with E-state index in [9.17, 15) is 14.0 Å². The molecule has 2 heterocycles. The number of halogens is 1. The van der Waals surface area contributed by atoms with Crippen LogP contribution in [0.3, 0.4) is 0 Å². The molecule has 0 bridgehead atoms. The van der Waals surface area contributed by atoms with Crippen LogP contribution in [-0.4, -0.2) is 41.6 Å². The standard InChI is InChI=1S/C20H24FN5O2/c1-20(2,14-3-5-15(21)6-4-14)12-22-17-8-9-18(25-24-17)26(13-27)11-16-7-10-19(28)23-16/h3-6,8-9,13,16H,7,10-12H2,1-2H3,(H,22,24)(H,23,28). The van der Waals surface area contributed by atoms with Crippen molar-refractivity contribution in [3.63, 3.8) is 0 Å². The van der Waals surface area contributed by atoms with Crippen molar-refractivity contribution in [1.82, 2.24) is 15.5 Å². The lowest BCUT2D eigenvalue weighted by molar-refractivity contribution is -0.119. The van der Waals surface area contributed by atoms with Gasteiger partial charge in [-0.3, -0.25) is 14.5 Å². The third-order valence-corrected chi connectivity index (χ3v) is 4.91. The highest BCUT2D eigenvalue weighted by Crippen LogP contribution is 2.24. The Hall–Kier alpha value is -3.03. The van der Waals surface area contributed by atoms with Gasteiger partial charge in [0.25, 0.3) is 0 Å². The molecule has 1 saturated heterocycles. The minimum absolute atomic E-state index is 0.00486. The number of benzene rings is 1. The Morgan fingerprint density at radius 2 is 2.00 bits per heavy atom. The zero-order valence-electron chi connectivity index (χ0n) is 16.0. The van der Waals surface area contributed by atoms with Crippen LogP contribution >= 0.6 is 0 Å². The Morgan fingerprint density at radius 1 is 1.25 bits per heavy atom. The van der Waals surface area contributed by atoms with Crippen LogP contribution in [-0.2, 0) is 15.0 Å². The van der Waals surface area contributed by atoms with E-state index >= 15 is 0 Å². The van der Waals surface area contributed by atoms with Gasteiger partial charge in [0.2, 0.25) is 12.3 Å². The number of anilines is 2. The molecule has 2 aromatic rings. The lowest BCUT2D eigenvalue weighted by atomic mass is 9.84. The van der Waals surface area contributed by atoms with E-state index in [1.54, 1.807) is 24.3 Å². The first-order valence-electron chi connectivity index (χ1n) is 9.22. The fourth-order valence-corrected chi connectivity index (χ4v) is 3.13. The summed E-state index contributed by atoms with van der Waals surface area (Å²) in [6.45, 7) is 5.06. The van der Waals surface area contributed by atoms with E-state index < -0.39 is 0 Å². The maximum absolute atomic E-state index is 13.1. The lowest BCUT2D eigenvalue weighted by Crippen LogP contribution is -2.38. The maximum Gasteiger partial charge on any atom is 0.220 e. The monoisotopic (exact) mass is 385 g/mol. The van der Waals surface area contributed by atoms with Crippen LogP contribution < -0.4 is 15.5 Å². The van der Waals surface area contributed by atoms with Gasteiger partial charge in [0, 0.05) is 31.0 Å². The molecule has 148 valence electrons. The second kappa shape index (κ2) is 8.33. The number of hydrogen-bond acceptors (Lipinski definition) is 5. The summed E-state index contributed by atoms with van der Waals surface area (Å²) in [4.78, 5) is 24.1. The van der Waals surface area contributed by atoms with Crippen molar-refractivity contribution < 1.29 is 14.0 Å². The van der Waals surface area contributed by atoms with Gasteiger partial charge < -0.3 is 10.6 Å². The minimum Gasteiger partial charge on any atom is -0.368 e. The average Bonchev–Trinajstić information content (AvgIpc) is 3.10. The number of nitrogens with one attached hydrogen (secondary N) is 2. The van der Waals surface area contributed by atoms with Crippen LogP contribution in [0.2, 0.25) is 0 Å². The van der Waals surface area contributed by atoms with Gasteiger partial charge in [0.15, 0.2) is 5.82 Å². The number of carbonyl (C=O) groups is 2. The van der Waals surface area contributed by atoms with E-state index in [1.807, 2.05) is 0 Å². The molecule has 0 saturated carbocycles. The molecule has 1 aromatic carbocycles. The van der Waals surface area contributed by atoms with Crippen molar-refractivity contribution in [1.29, 1.82) is 0 Å². The van der Waals surface area contributed by atoms with Crippen LogP contribution in [0.25, 0.3) is 0 Å². The average molecular weight is 385 g/mol. The summed E-state index contributed by atoms with van der Waals surface area (Å²) in [5.74, 6) is 0.759. The van der Waals surface area contributed by atoms with Gasteiger partial charge in [-0.1, -0.05) is 26.0 Å². The van der Waals surface area contributed by atoms with Crippen molar-refractivity contribution in [3.8, 4) is 0 Å². The van der Waals surface area contributed by atoms with Crippen LogP contribution in [0.5, 0.6) is 0 Å². The van der Waals surface area contributed by atoms with Gasteiger partial charge in [-0.2, -0.15) is 0 Å². The third kappa shape index (κ3) is 4.82. The third-order valence-electron chi connectivity index (χ3n) is 4.91. The van der Waals surface area contributed by atoms with Crippen molar-refractivity contribution in [3.05, 3.63) is 47.8 Å². The van der Waals surface area contributed by atoms with Gasteiger partial charge in [-0.05, 0) is 36.2 Å². The highest BCUT2D eigenvalue weighted by molar-refractivity contribution is 5.79. The second-order valence-corrected chi connectivity index (χ2v) is 7.58.